The summed E-state index contributed by atoms with van der Waals surface area (Å²) in [5.41, 5.74) is 4.12. The number of carbonyl (C=O) groups excluding carboxylic acids is 3. The number of nitrogens with zero attached hydrogens (tertiary/aromatic N) is 2. The highest BCUT2D eigenvalue weighted by molar-refractivity contribution is 6.18. The predicted octanol–water partition coefficient (Wildman–Crippen LogP) is 7.67. The zero-order valence-corrected chi connectivity index (χ0v) is 28.0. The van der Waals surface area contributed by atoms with Gasteiger partial charge in [-0.05, 0) is 68.9 Å². The highest BCUT2D eigenvalue weighted by Crippen LogP contribution is 2.40. The van der Waals surface area contributed by atoms with Gasteiger partial charge in [-0.15, -0.1) is 0 Å². The molecule has 2 aromatic carbocycles. The summed E-state index contributed by atoms with van der Waals surface area (Å²) in [6, 6.07) is 15.7. The summed E-state index contributed by atoms with van der Waals surface area (Å²) in [4.78, 5) is 47.2. The minimum absolute atomic E-state index is 0.0474. The quantitative estimate of drug-likeness (QED) is 0.168. The van der Waals surface area contributed by atoms with E-state index in [1.807, 2.05) is 68.1 Å². The van der Waals surface area contributed by atoms with Crippen molar-refractivity contribution < 1.29 is 19.1 Å². The maximum atomic E-state index is 14.0. The number of carbonyl (C=O) groups is 3. The van der Waals surface area contributed by atoms with Gasteiger partial charge in [-0.3, -0.25) is 9.59 Å². The van der Waals surface area contributed by atoms with Gasteiger partial charge in [0.05, 0.1) is 17.4 Å². The number of aromatic amines is 1. The molecule has 45 heavy (non-hydrogen) atoms. The van der Waals surface area contributed by atoms with Crippen LogP contribution in [0.2, 0.25) is 0 Å². The molecule has 1 N–H and O–H groups in total. The summed E-state index contributed by atoms with van der Waals surface area (Å²) < 4.78 is 5.65. The number of aromatic nitrogens is 1. The zero-order valence-electron chi connectivity index (χ0n) is 28.0. The van der Waals surface area contributed by atoms with Crippen molar-refractivity contribution in [3.8, 4) is 0 Å². The highest BCUT2D eigenvalue weighted by Gasteiger charge is 2.37. The molecule has 0 aliphatic carbocycles. The van der Waals surface area contributed by atoms with Crippen LogP contribution in [0.5, 0.6) is 0 Å². The summed E-state index contributed by atoms with van der Waals surface area (Å²) in [5, 5.41) is 1.03. The molecule has 7 heteroatoms. The van der Waals surface area contributed by atoms with Crippen molar-refractivity contribution in [3.63, 3.8) is 0 Å². The third-order valence-corrected chi connectivity index (χ3v) is 8.43. The molecule has 0 spiro atoms. The molecule has 0 radical (unpaired) electrons. The van der Waals surface area contributed by atoms with Crippen LogP contribution in [0.3, 0.4) is 0 Å². The summed E-state index contributed by atoms with van der Waals surface area (Å²) >= 11 is 0. The number of para-hydroxylation sites is 1. The average Bonchev–Trinajstić information content (AvgIpc) is 3.36. The number of hydrogen-bond donors (Lipinski definition) is 1. The number of esters is 1. The summed E-state index contributed by atoms with van der Waals surface area (Å²) in [6.07, 6.45) is 8.84. The monoisotopic (exact) mass is 611 g/mol. The molecule has 0 saturated heterocycles. The van der Waals surface area contributed by atoms with Gasteiger partial charge in [-0.1, -0.05) is 77.1 Å². The minimum atomic E-state index is -0.462. The number of amides is 2. The second kappa shape index (κ2) is 14.8. The Kier molecular flexibility index (Phi) is 11.1. The number of H-pyrrole nitrogens is 1. The lowest BCUT2D eigenvalue weighted by Crippen LogP contribution is -2.37. The fourth-order valence-corrected chi connectivity index (χ4v) is 6.03. The first kappa shape index (κ1) is 33.8. The van der Waals surface area contributed by atoms with Crippen molar-refractivity contribution in [1.29, 1.82) is 0 Å². The number of fused-ring (bicyclic) bond motifs is 3. The van der Waals surface area contributed by atoms with Gasteiger partial charge in [-0.25, -0.2) is 4.79 Å². The van der Waals surface area contributed by atoms with Gasteiger partial charge >= 0.3 is 5.97 Å². The Morgan fingerprint density at radius 1 is 1.02 bits per heavy atom. The first-order valence-corrected chi connectivity index (χ1v) is 16.3. The van der Waals surface area contributed by atoms with Gasteiger partial charge in [-0.2, -0.15) is 0 Å². The molecule has 240 valence electrons. The van der Waals surface area contributed by atoms with E-state index in [-0.39, 0.29) is 23.8 Å². The van der Waals surface area contributed by atoms with Gasteiger partial charge in [0.2, 0.25) is 5.91 Å². The lowest BCUT2D eigenvalue weighted by atomic mass is 9.81. The molecule has 1 unspecified atom stereocenters. The molecule has 2 amide bonds. The molecular formula is C38H49N3O4. The van der Waals surface area contributed by atoms with Crippen LogP contribution in [-0.2, 0) is 26.2 Å². The van der Waals surface area contributed by atoms with Crippen molar-refractivity contribution in [2.45, 2.75) is 85.7 Å². The van der Waals surface area contributed by atoms with Crippen LogP contribution >= 0.6 is 0 Å². The van der Waals surface area contributed by atoms with Crippen molar-refractivity contribution in [2.75, 3.05) is 19.6 Å². The number of allylic oxidation sites excluding steroid dienone is 1. The van der Waals surface area contributed by atoms with Crippen LogP contribution in [0.25, 0.3) is 16.5 Å². The Balaban J connectivity index is 1.54. The summed E-state index contributed by atoms with van der Waals surface area (Å²) in [6.45, 7) is 15.9. The second-order valence-corrected chi connectivity index (χ2v) is 13.0. The first-order chi connectivity index (χ1) is 21.5. The maximum Gasteiger partial charge on any atom is 0.342 e. The molecule has 0 fully saturated rings. The molecule has 1 aliphatic heterocycles. The summed E-state index contributed by atoms with van der Waals surface area (Å²) in [5.74, 6) is -0.357. The lowest BCUT2D eigenvalue weighted by molar-refractivity contribution is -0.140. The molecule has 1 aliphatic rings. The second-order valence-electron chi connectivity index (χ2n) is 13.0. The van der Waals surface area contributed by atoms with Gasteiger partial charge in [0, 0.05) is 53.6 Å². The first-order valence-electron chi connectivity index (χ1n) is 16.3. The van der Waals surface area contributed by atoms with E-state index in [1.54, 1.807) is 11.1 Å². The molecule has 7 nitrogen and oxygen atoms in total. The number of ether oxygens (including phenoxy) is 1. The molecule has 4 rings (SSSR count). The molecule has 1 atom stereocenters. The minimum Gasteiger partial charge on any atom is -0.459 e. The number of benzene rings is 2. The molecule has 0 saturated carbocycles. The van der Waals surface area contributed by atoms with Crippen LogP contribution in [0.4, 0.5) is 0 Å². The Hall–Kier alpha value is -4.13. The van der Waals surface area contributed by atoms with Crippen LogP contribution in [0.15, 0.2) is 66.9 Å². The van der Waals surface area contributed by atoms with Crippen LogP contribution < -0.4 is 0 Å². The van der Waals surface area contributed by atoms with E-state index < -0.39 is 11.4 Å². The number of hydrogen-bond acceptors (Lipinski definition) is 4. The van der Waals surface area contributed by atoms with Crippen LogP contribution in [-0.4, -0.2) is 58.3 Å². The van der Waals surface area contributed by atoms with E-state index in [0.29, 0.717) is 36.3 Å². The van der Waals surface area contributed by atoms with E-state index in [0.717, 1.165) is 47.8 Å². The van der Waals surface area contributed by atoms with Crippen molar-refractivity contribution in [1.82, 2.24) is 14.8 Å². The smallest absolute Gasteiger partial charge is 0.342 e. The Bertz CT molecular complexity index is 1580. The van der Waals surface area contributed by atoms with Crippen LogP contribution in [0.1, 0.15) is 94.9 Å². The fourth-order valence-electron chi connectivity index (χ4n) is 6.03. The van der Waals surface area contributed by atoms with Crippen molar-refractivity contribution >= 4 is 34.3 Å². The predicted molar refractivity (Wildman–Crippen MR) is 182 cm³/mol. The van der Waals surface area contributed by atoms with E-state index in [2.05, 4.69) is 50.9 Å². The van der Waals surface area contributed by atoms with Crippen molar-refractivity contribution in [3.05, 3.63) is 89.3 Å². The molecule has 1 aromatic heterocycles. The van der Waals surface area contributed by atoms with Crippen LogP contribution in [0, 0.1) is 5.92 Å². The van der Waals surface area contributed by atoms with Gasteiger partial charge in [0.1, 0.15) is 0 Å². The van der Waals surface area contributed by atoms with E-state index in [4.69, 9.17) is 4.74 Å². The Labute approximate surface area is 268 Å². The van der Waals surface area contributed by atoms with Gasteiger partial charge in [0.25, 0.3) is 5.91 Å². The SMILES string of the molecule is CCCN(CC/C=C\Cc1cccc(C(=O)N2C=C(C(=O)OC(C)C)c3[nH]c4ccccc4c3C(C)(C)C2)c1)C(=O)C(C)CC. The van der Waals surface area contributed by atoms with E-state index in [9.17, 15) is 14.4 Å². The summed E-state index contributed by atoms with van der Waals surface area (Å²) in [7, 11) is 0. The average molecular weight is 612 g/mol. The number of rotatable bonds is 12. The Morgan fingerprint density at radius 3 is 2.49 bits per heavy atom. The lowest BCUT2D eigenvalue weighted by Gasteiger charge is -2.29. The topological polar surface area (TPSA) is 82.7 Å². The Morgan fingerprint density at radius 2 is 1.78 bits per heavy atom. The van der Waals surface area contributed by atoms with E-state index >= 15 is 0 Å². The molecule has 3 aromatic rings. The fraction of sp³-hybridized carbons (Fsp3) is 0.447. The highest BCUT2D eigenvalue weighted by atomic mass is 16.5. The third-order valence-electron chi connectivity index (χ3n) is 8.43. The maximum absolute atomic E-state index is 14.0. The third kappa shape index (κ3) is 7.94. The molecule has 2 heterocycles. The normalized spacial score (nSPS) is 15.1. The van der Waals surface area contributed by atoms with E-state index in [1.165, 1.54) is 0 Å². The largest absolute Gasteiger partial charge is 0.459 e. The molecule has 0 bridgehead atoms. The van der Waals surface area contributed by atoms with Gasteiger partial charge < -0.3 is 19.5 Å². The van der Waals surface area contributed by atoms with Gasteiger partial charge in [0.15, 0.2) is 0 Å². The molecular weight excluding hydrogens is 562 g/mol. The standard InChI is InChI=1S/C38H49N3O4/c1-8-21-40(35(42)27(5)9-2)22-14-10-11-16-28-17-15-18-29(23-28)36(43)41-24-31(37(44)45-26(3)4)34-33(38(6,7)25-41)30-19-12-13-20-32(30)39-34/h10-13,15,17-20,23-24,26-27,39H,8-9,14,16,21-22,25H2,1-7H3/b11-10-. The zero-order chi connectivity index (χ0) is 32.7. The van der Waals surface area contributed by atoms with Crippen molar-refractivity contribution in [2.24, 2.45) is 5.92 Å². The number of nitrogens with one attached hydrogen (secondary N) is 1.